The Balaban J connectivity index is 2.32. The van der Waals surface area contributed by atoms with Crippen LogP contribution < -0.4 is 0 Å². The van der Waals surface area contributed by atoms with Crippen LogP contribution in [0, 0.1) is 0 Å². The van der Waals surface area contributed by atoms with E-state index in [4.69, 9.17) is 9.84 Å². The molecule has 5 nitrogen and oxygen atoms in total. The molecule has 1 fully saturated rings. The predicted molar refractivity (Wildman–Crippen MR) is 62.7 cm³/mol. The molecule has 98 valence electrons. The van der Waals surface area contributed by atoms with Crippen molar-refractivity contribution < 1.29 is 19.4 Å². The Labute approximate surface area is 102 Å². The summed E-state index contributed by atoms with van der Waals surface area (Å²) in [6, 6.07) is 0.233. The summed E-state index contributed by atoms with van der Waals surface area (Å²) in [6.45, 7) is 5.13. The zero-order valence-electron chi connectivity index (χ0n) is 10.5. The van der Waals surface area contributed by atoms with E-state index in [1.807, 2.05) is 18.7 Å². The van der Waals surface area contributed by atoms with Gasteiger partial charge >= 0.3 is 5.97 Å². The zero-order valence-corrected chi connectivity index (χ0v) is 10.5. The lowest BCUT2D eigenvalue weighted by molar-refractivity contribution is -0.144. The van der Waals surface area contributed by atoms with Crippen LogP contribution in [-0.2, 0) is 14.3 Å². The fourth-order valence-electron chi connectivity index (χ4n) is 2.18. The van der Waals surface area contributed by atoms with Gasteiger partial charge in [-0.1, -0.05) is 0 Å². The Morgan fingerprint density at radius 1 is 1.18 bits per heavy atom. The van der Waals surface area contributed by atoms with Gasteiger partial charge in [0.15, 0.2) is 0 Å². The fourth-order valence-corrected chi connectivity index (χ4v) is 2.18. The maximum atomic E-state index is 12.0. The van der Waals surface area contributed by atoms with Crippen molar-refractivity contribution in [3.05, 3.63) is 0 Å². The minimum Gasteiger partial charge on any atom is -0.481 e. The second kappa shape index (κ2) is 6.59. The molecule has 1 heterocycles. The van der Waals surface area contributed by atoms with E-state index in [0.717, 1.165) is 0 Å². The first kappa shape index (κ1) is 14.0. The lowest BCUT2D eigenvalue weighted by Gasteiger charge is -2.38. The molecule has 1 saturated heterocycles. The average molecular weight is 243 g/mol. The van der Waals surface area contributed by atoms with Gasteiger partial charge in [0.2, 0.25) is 5.91 Å². The van der Waals surface area contributed by atoms with Gasteiger partial charge in [-0.25, -0.2) is 0 Å². The number of carboxylic acid groups (broad SMARTS) is 1. The maximum Gasteiger partial charge on any atom is 0.303 e. The molecular weight excluding hydrogens is 222 g/mol. The molecule has 0 saturated carbocycles. The van der Waals surface area contributed by atoms with E-state index in [1.165, 1.54) is 0 Å². The number of aliphatic carboxylic acids is 1. The summed E-state index contributed by atoms with van der Waals surface area (Å²) >= 11 is 0. The van der Waals surface area contributed by atoms with Gasteiger partial charge in [0, 0.05) is 12.8 Å². The average Bonchev–Trinajstić information content (AvgIpc) is 2.24. The van der Waals surface area contributed by atoms with Crippen LogP contribution in [-0.4, -0.2) is 47.2 Å². The monoisotopic (exact) mass is 243 g/mol. The Kier molecular flexibility index (Phi) is 5.41. The molecule has 0 bridgehead atoms. The minimum absolute atomic E-state index is 0.110. The van der Waals surface area contributed by atoms with Crippen molar-refractivity contribution in [2.75, 3.05) is 13.2 Å². The summed E-state index contributed by atoms with van der Waals surface area (Å²) in [6.07, 6.45) is 1.78. The molecule has 0 aliphatic carbocycles. The molecule has 1 amide bonds. The summed E-state index contributed by atoms with van der Waals surface area (Å²) in [5, 5.41) is 8.50. The van der Waals surface area contributed by atoms with E-state index in [0.29, 0.717) is 32.5 Å². The van der Waals surface area contributed by atoms with Crippen LogP contribution in [0.3, 0.4) is 0 Å². The quantitative estimate of drug-likeness (QED) is 0.738. The highest BCUT2D eigenvalue weighted by Crippen LogP contribution is 2.15. The van der Waals surface area contributed by atoms with E-state index in [1.54, 1.807) is 0 Å². The normalized spacial score (nSPS) is 24.7. The number of carbonyl (C=O) groups excluding carboxylic acids is 1. The molecule has 0 spiro atoms. The third kappa shape index (κ3) is 4.34. The van der Waals surface area contributed by atoms with Crippen LogP contribution in [0.25, 0.3) is 0 Å². The zero-order chi connectivity index (χ0) is 12.8. The molecular formula is C12H21NO4. The molecule has 0 aromatic carbocycles. The molecule has 0 radical (unpaired) electrons. The molecule has 0 aromatic rings. The largest absolute Gasteiger partial charge is 0.481 e. The van der Waals surface area contributed by atoms with Crippen LogP contribution in [0.2, 0.25) is 0 Å². The van der Waals surface area contributed by atoms with Crippen LogP contribution in [0.15, 0.2) is 0 Å². The van der Waals surface area contributed by atoms with Gasteiger partial charge in [-0.15, -0.1) is 0 Å². The first-order valence-electron chi connectivity index (χ1n) is 6.13. The van der Waals surface area contributed by atoms with Crippen molar-refractivity contribution in [2.24, 2.45) is 0 Å². The van der Waals surface area contributed by atoms with E-state index in [-0.39, 0.29) is 24.4 Å². The van der Waals surface area contributed by atoms with Crippen molar-refractivity contribution in [3.8, 4) is 0 Å². The van der Waals surface area contributed by atoms with Crippen molar-refractivity contribution >= 4 is 11.9 Å². The molecule has 2 atom stereocenters. The van der Waals surface area contributed by atoms with E-state index in [9.17, 15) is 9.59 Å². The first-order valence-corrected chi connectivity index (χ1v) is 6.13. The SMILES string of the molecule is CC1COCC(C)N1C(=O)CCCCC(=O)O. The fraction of sp³-hybridized carbons (Fsp3) is 0.833. The number of carbonyl (C=O) groups is 2. The Bertz CT molecular complexity index is 270. The highest BCUT2D eigenvalue weighted by Gasteiger charge is 2.28. The topological polar surface area (TPSA) is 66.8 Å². The number of hydrogen-bond acceptors (Lipinski definition) is 3. The molecule has 17 heavy (non-hydrogen) atoms. The lowest BCUT2D eigenvalue weighted by atomic mass is 10.1. The lowest BCUT2D eigenvalue weighted by Crippen LogP contribution is -2.52. The van der Waals surface area contributed by atoms with Gasteiger partial charge in [-0.3, -0.25) is 9.59 Å². The van der Waals surface area contributed by atoms with Gasteiger partial charge in [0.05, 0.1) is 25.3 Å². The van der Waals surface area contributed by atoms with Crippen molar-refractivity contribution in [3.63, 3.8) is 0 Å². The molecule has 1 rings (SSSR count). The molecule has 1 aliphatic heterocycles. The number of unbranched alkanes of at least 4 members (excludes halogenated alkanes) is 1. The Morgan fingerprint density at radius 2 is 1.71 bits per heavy atom. The molecule has 5 heteroatoms. The standard InChI is InChI=1S/C12H21NO4/c1-9-7-17-8-10(2)13(9)11(14)5-3-4-6-12(15)16/h9-10H,3-8H2,1-2H3,(H,15,16). The van der Waals surface area contributed by atoms with E-state index >= 15 is 0 Å². The van der Waals surface area contributed by atoms with Gasteiger partial charge in [0.25, 0.3) is 0 Å². The number of hydrogen-bond donors (Lipinski definition) is 1. The van der Waals surface area contributed by atoms with Crippen LogP contribution in [0.4, 0.5) is 0 Å². The molecule has 1 N–H and O–H groups in total. The Hall–Kier alpha value is -1.10. The van der Waals surface area contributed by atoms with Gasteiger partial charge < -0.3 is 14.7 Å². The van der Waals surface area contributed by atoms with Gasteiger partial charge in [-0.2, -0.15) is 0 Å². The smallest absolute Gasteiger partial charge is 0.303 e. The summed E-state index contributed by atoms with van der Waals surface area (Å²) in [7, 11) is 0. The third-order valence-corrected chi connectivity index (χ3v) is 2.99. The predicted octanol–water partition coefficient (Wildman–Crippen LogP) is 1.27. The minimum atomic E-state index is -0.800. The summed E-state index contributed by atoms with van der Waals surface area (Å²) < 4.78 is 5.36. The molecule has 1 aliphatic rings. The second-order valence-corrected chi connectivity index (χ2v) is 4.64. The van der Waals surface area contributed by atoms with Crippen molar-refractivity contribution in [1.29, 1.82) is 0 Å². The van der Waals surface area contributed by atoms with Crippen LogP contribution in [0.5, 0.6) is 0 Å². The highest BCUT2D eigenvalue weighted by atomic mass is 16.5. The highest BCUT2D eigenvalue weighted by molar-refractivity contribution is 5.77. The molecule has 0 aromatic heterocycles. The Morgan fingerprint density at radius 3 is 2.24 bits per heavy atom. The second-order valence-electron chi connectivity index (χ2n) is 4.64. The number of rotatable bonds is 5. The number of morpholine rings is 1. The first-order chi connectivity index (χ1) is 8.02. The van der Waals surface area contributed by atoms with E-state index in [2.05, 4.69) is 0 Å². The summed E-state index contributed by atoms with van der Waals surface area (Å²) in [5.74, 6) is -0.691. The van der Waals surface area contributed by atoms with Crippen LogP contribution >= 0.6 is 0 Å². The number of ether oxygens (including phenoxy) is 1. The maximum absolute atomic E-state index is 12.0. The van der Waals surface area contributed by atoms with E-state index < -0.39 is 5.97 Å². The summed E-state index contributed by atoms with van der Waals surface area (Å²) in [4.78, 5) is 24.2. The number of amides is 1. The van der Waals surface area contributed by atoms with Crippen molar-refractivity contribution in [2.45, 2.75) is 51.6 Å². The number of nitrogens with zero attached hydrogens (tertiary/aromatic N) is 1. The molecule has 2 unspecified atom stereocenters. The number of carboxylic acids is 1. The third-order valence-electron chi connectivity index (χ3n) is 2.99. The van der Waals surface area contributed by atoms with Gasteiger partial charge in [-0.05, 0) is 26.7 Å². The van der Waals surface area contributed by atoms with Gasteiger partial charge in [0.1, 0.15) is 0 Å². The van der Waals surface area contributed by atoms with Crippen molar-refractivity contribution in [1.82, 2.24) is 4.90 Å². The van der Waals surface area contributed by atoms with Crippen LogP contribution in [0.1, 0.15) is 39.5 Å². The summed E-state index contributed by atoms with van der Waals surface area (Å²) in [5.41, 5.74) is 0.